The van der Waals surface area contributed by atoms with Gasteiger partial charge in [0.2, 0.25) is 0 Å². The van der Waals surface area contributed by atoms with E-state index in [0.717, 1.165) is 0 Å². The molecule has 0 aromatic heterocycles. The van der Waals surface area contributed by atoms with Crippen molar-refractivity contribution in [2.75, 3.05) is 5.73 Å². The third kappa shape index (κ3) is 6.83. The fourth-order valence-electron chi connectivity index (χ4n) is 4.42. The predicted molar refractivity (Wildman–Crippen MR) is 169 cm³/mol. The first-order valence-corrected chi connectivity index (χ1v) is 16.2. The van der Waals surface area contributed by atoms with Crippen molar-refractivity contribution < 1.29 is 18.6 Å². The quantitative estimate of drug-likeness (QED) is 0.130. The maximum atomic E-state index is 11.5. The number of nitrogens with zero attached hydrogens (tertiary/aromatic N) is 1. The molecule has 5 aromatic carbocycles. The second-order valence-electron chi connectivity index (χ2n) is 9.08. The van der Waals surface area contributed by atoms with Crippen LogP contribution >= 0.6 is 7.26 Å². The topological polar surface area (TPSA) is 116 Å². The van der Waals surface area contributed by atoms with Crippen LogP contribution in [0.15, 0.2) is 149 Å². The Labute approximate surface area is 241 Å². The number of benzene rings is 5. The van der Waals surface area contributed by atoms with Gasteiger partial charge in [0.15, 0.2) is 0 Å². The van der Waals surface area contributed by atoms with Gasteiger partial charge in [0.1, 0.15) is 34.2 Å². The summed E-state index contributed by atoms with van der Waals surface area (Å²) in [6.45, 7) is 1.55. The van der Waals surface area contributed by atoms with Gasteiger partial charge in [-0.15, -0.1) is 0 Å². The second kappa shape index (κ2) is 13.3. The maximum absolute atomic E-state index is 11.5. The summed E-state index contributed by atoms with van der Waals surface area (Å²) in [5.74, 6) is -0.368. The van der Waals surface area contributed by atoms with Crippen LogP contribution < -0.4 is 32.1 Å². The summed E-state index contributed by atoms with van der Waals surface area (Å²) in [5, 5.41) is 25.9. The molecular weight excluding hydrogens is 551 g/mol. The standard InChI is InChI=1S/C24H19OP.C9H12N2O3S/c25-20-16-18-24(19-17-20)26(21-10-4-1-5-11-21,22-12-6-2-7-13-22)23-14-8-3-9-15-23;1-2-9(12)11-15(13,14)8-5-3-7(10)4-6-8/h1-19H;3-6H,2,10H2,1H3,(H,11,12). The van der Waals surface area contributed by atoms with Crippen LogP contribution in [0.3, 0.4) is 0 Å². The number of phenols is 1. The third-order valence-corrected chi connectivity index (χ3v) is 12.0. The van der Waals surface area contributed by atoms with Gasteiger partial charge in [0.25, 0.3) is 10.0 Å². The molecule has 6 nitrogen and oxygen atoms in total. The van der Waals surface area contributed by atoms with Gasteiger partial charge in [-0.2, -0.15) is 12.8 Å². The van der Waals surface area contributed by atoms with Crippen molar-refractivity contribution in [1.29, 1.82) is 0 Å². The Hall–Kier alpha value is -4.45. The molecule has 0 atom stereocenters. The van der Waals surface area contributed by atoms with E-state index in [1.54, 1.807) is 19.1 Å². The van der Waals surface area contributed by atoms with Crippen molar-refractivity contribution in [3.8, 4) is 5.75 Å². The molecule has 0 aliphatic heterocycles. The molecule has 0 saturated heterocycles. The van der Waals surface area contributed by atoms with Crippen LogP contribution in [0.5, 0.6) is 5.75 Å². The van der Waals surface area contributed by atoms with Crippen LogP contribution in [0.4, 0.5) is 5.69 Å². The molecule has 0 aliphatic carbocycles. The molecule has 3 N–H and O–H groups in total. The summed E-state index contributed by atoms with van der Waals surface area (Å²) in [7, 11) is -5.91. The lowest BCUT2D eigenvalue weighted by molar-refractivity contribution is -0.217. The van der Waals surface area contributed by atoms with E-state index < -0.39 is 23.2 Å². The Balaban J connectivity index is 0.000000221. The van der Waals surface area contributed by atoms with Crippen LogP contribution in [-0.2, 0) is 10.0 Å². The van der Waals surface area contributed by atoms with E-state index in [1.807, 2.05) is 0 Å². The highest BCUT2D eigenvalue weighted by Gasteiger charge is 2.47. The molecule has 0 unspecified atom stereocenters. The number of aromatic hydroxyl groups is 1. The van der Waals surface area contributed by atoms with Crippen LogP contribution in [-0.4, -0.2) is 19.4 Å². The predicted octanol–water partition coefficient (Wildman–Crippen LogP) is 4.14. The van der Waals surface area contributed by atoms with Crippen molar-refractivity contribution in [1.82, 2.24) is 0 Å². The SMILES string of the molecule is CCC([O-])=NS(=O)(=O)c1ccc(N)cc1.Oc1ccc([P+](c2ccccc2)(c2ccccc2)c2ccccc2)cc1. The second-order valence-corrected chi connectivity index (χ2v) is 14.1. The van der Waals surface area contributed by atoms with Crippen LogP contribution in [0.25, 0.3) is 0 Å². The van der Waals surface area contributed by atoms with Crippen LogP contribution in [0, 0.1) is 0 Å². The van der Waals surface area contributed by atoms with Crippen molar-refractivity contribution in [2.45, 2.75) is 18.2 Å². The number of hydrogen-bond acceptors (Lipinski definition) is 5. The van der Waals surface area contributed by atoms with Crippen LogP contribution in [0.1, 0.15) is 13.3 Å². The zero-order valence-corrected chi connectivity index (χ0v) is 24.2. The Bertz CT molecular complexity index is 1580. The maximum Gasteiger partial charge on any atom is 0.281 e. The summed E-state index contributed by atoms with van der Waals surface area (Å²) < 4.78 is 26.1. The summed E-state index contributed by atoms with van der Waals surface area (Å²) in [6, 6.07) is 45.4. The molecular formula is C33H31N2O4PS. The van der Waals surface area contributed by atoms with Crippen molar-refractivity contribution in [3.63, 3.8) is 0 Å². The highest BCUT2D eigenvalue weighted by atomic mass is 32.2. The average molecular weight is 583 g/mol. The van der Waals surface area contributed by atoms with Gasteiger partial charge < -0.3 is 15.9 Å². The Kier molecular flexibility index (Phi) is 9.56. The normalized spacial score (nSPS) is 11.8. The fraction of sp³-hybridized carbons (Fsp3) is 0.0606. The molecule has 5 aromatic rings. The Morgan fingerprint density at radius 3 is 1.46 bits per heavy atom. The largest absolute Gasteiger partial charge is 0.861 e. The number of phenolic OH excluding ortho intramolecular Hbond substituents is 1. The molecule has 0 radical (unpaired) electrons. The average Bonchev–Trinajstić information content (AvgIpc) is 3.00. The Morgan fingerprint density at radius 1 is 0.683 bits per heavy atom. The van der Waals surface area contributed by atoms with E-state index in [1.165, 1.54) is 45.5 Å². The van der Waals surface area contributed by atoms with Crippen molar-refractivity contribution in [3.05, 3.63) is 140 Å². The fourth-order valence-corrected chi connectivity index (χ4v) is 9.64. The van der Waals surface area contributed by atoms with E-state index in [-0.39, 0.29) is 11.3 Å². The minimum absolute atomic E-state index is 0.0292. The number of anilines is 1. The molecule has 0 fully saturated rings. The van der Waals surface area contributed by atoms with E-state index in [4.69, 9.17) is 5.73 Å². The number of rotatable bonds is 7. The monoisotopic (exact) mass is 582 g/mol. The lowest BCUT2D eigenvalue weighted by atomic mass is 10.3. The molecule has 41 heavy (non-hydrogen) atoms. The van der Waals surface area contributed by atoms with Gasteiger partial charge in [0.05, 0.1) is 4.90 Å². The smallest absolute Gasteiger partial charge is 0.281 e. The van der Waals surface area contributed by atoms with Gasteiger partial charge in [-0.1, -0.05) is 61.5 Å². The van der Waals surface area contributed by atoms with E-state index >= 15 is 0 Å². The van der Waals surface area contributed by atoms with Gasteiger partial charge in [-0.05, 0) is 97.2 Å². The highest BCUT2D eigenvalue weighted by molar-refractivity contribution is 8.01. The molecule has 0 bridgehead atoms. The summed E-state index contributed by atoms with van der Waals surface area (Å²) in [6.07, 6.45) is 0.0637. The minimum Gasteiger partial charge on any atom is -0.861 e. The number of nitrogen functional groups attached to an aromatic ring is 1. The molecule has 5 rings (SSSR count). The summed E-state index contributed by atoms with van der Waals surface area (Å²) in [5.41, 5.74) is 5.86. The van der Waals surface area contributed by atoms with Gasteiger partial charge in [-0.3, -0.25) is 0 Å². The summed E-state index contributed by atoms with van der Waals surface area (Å²) >= 11 is 0. The first-order valence-electron chi connectivity index (χ1n) is 13.0. The van der Waals surface area contributed by atoms with Gasteiger partial charge >= 0.3 is 0 Å². The molecule has 0 saturated carbocycles. The molecule has 8 heteroatoms. The number of nitrogens with two attached hydrogens (primary N) is 1. The molecule has 208 valence electrons. The number of sulfonamides is 1. The van der Waals surface area contributed by atoms with Gasteiger partial charge in [0, 0.05) is 5.69 Å². The van der Waals surface area contributed by atoms with Crippen molar-refractivity contribution >= 4 is 50.1 Å². The zero-order chi connectivity index (χ0) is 29.3. The highest BCUT2D eigenvalue weighted by Crippen LogP contribution is 2.54. The first-order chi connectivity index (χ1) is 19.8. The van der Waals surface area contributed by atoms with Gasteiger partial charge in [-0.25, -0.2) is 0 Å². The lowest BCUT2D eigenvalue weighted by Crippen LogP contribution is -2.38. The molecule has 0 spiro atoms. The van der Waals surface area contributed by atoms with E-state index in [0.29, 0.717) is 11.4 Å². The zero-order valence-electron chi connectivity index (χ0n) is 22.5. The third-order valence-electron chi connectivity index (χ3n) is 6.37. The minimum atomic E-state index is -3.87. The number of hydrogen-bond donors (Lipinski definition) is 2. The van der Waals surface area contributed by atoms with Crippen molar-refractivity contribution in [2.24, 2.45) is 4.40 Å². The summed E-state index contributed by atoms with van der Waals surface area (Å²) in [4.78, 5) is -0.0292. The molecule has 0 heterocycles. The molecule has 0 aliphatic rings. The first kappa shape index (κ1) is 29.5. The molecule has 0 amide bonds. The lowest BCUT2D eigenvalue weighted by Gasteiger charge is -2.27. The van der Waals surface area contributed by atoms with Crippen LogP contribution in [0.2, 0.25) is 0 Å². The Morgan fingerprint density at radius 2 is 1.07 bits per heavy atom. The van der Waals surface area contributed by atoms with E-state index in [9.17, 15) is 18.6 Å². The van der Waals surface area contributed by atoms with E-state index in [2.05, 4.69) is 108 Å².